The number of anilines is 2. The summed E-state index contributed by atoms with van der Waals surface area (Å²) in [5, 5.41) is 3.86. The van der Waals surface area contributed by atoms with Crippen LogP contribution in [0.15, 0.2) is 36.5 Å². The molecule has 0 radical (unpaired) electrons. The van der Waals surface area contributed by atoms with Gasteiger partial charge in [0.2, 0.25) is 0 Å². The van der Waals surface area contributed by atoms with Crippen LogP contribution in [-0.4, -0.2) is 24.6 Å². The van der Waals surface area contributed by atoms with Gasteiger partial charge in [0.1, 0.15) is 5.82 Å². The lowest BCUT2D eigenvalue weighted by molar-refractivity contribution is 0.0602. The van der Waals surface area contributed by atoms with Crippen molar-refractivity contribution in [3.05, 3.63) is 52.7 Å². The van der Waals surface area contributed by atoms with Gasteiger partial charge in [0, 0.05) is 11.6 Å². The van der Waals surface area contributed by atoms with Crippen LogP contribution < -0.4 is 11.1 Å². The molecule has 1 heterocycles. The van der Waals surface area contributed by atoms with Gasteiger partial charge >= 0.3 is 5.97 Å². The Morgan fingerprint density at radius 2 is 2.10 bits per heavy atom. The van der Waals surface area contributed by atoms with E-state index < -0.39 is 5.97 Å². The molecule has 0 aliphatic rings. The first kappa shape index (κ1) is 15.1. The lowest BCUT2D eigenvalue weighted by Crippen LogP contribution is -2.10. The van der Waals surface area contributed by atoms with E-state index in [4.69, 9.17) is 17.3 Å². The zero-order valence-corrected chi connectivity index (χ0v) is 12.4. The van der Waals surface area contributed by atoms with E-state index in [1.165, 1.54) is 13.3 Å². The molecule has 21 heavy (non-hydrogen) atoms. The molecule has 0 atom stereocenters. The smallest absolute Gasteiger partial charge is 0.340 e. The highest BCUT2D eigenvalue weighted by Gasteiger charge is 2.11. The van der Waals surface area contributed by atoms with Crippen LogP contribution in [0.3, 0.4) is 0 Å². The van der Waals surface area contributed by atoms with Gasteiger partial charge in [-0.15, -0.1) is 0 Å². The lowest BCUT2D eigenvalue weighted by atomic mass is 10.1. The molecule has 0 unspecified atom stereocenters. The Hall–Kier alpha value is -2.27. The summed E-state index contributed by atoms with van der Waals surface area (Å²) in [5.74, 6) is 0.106. The molecule has 2 aromatic rings. The number of esters is 1. The van der Waals surface area contributed by atoms with Gasteiger partial charge in [-0.25, -0.2) is 9.78 Å². The van der Waals surface area contributed by atoms with Crippen molar-refractivity contribution in [2.75, 3.05) is 24.7 Å². The highest BCUT2D eigenvalue weighted by Crippen LogP contribution is 2.16. The van der Waals surface area contributed by atoms with Crippen molar-refractivity contribution in [1.82, 2.24) is 4.98 Å². The van der Waals surface area contributed by atoms with Crippen LogP contribution in [0.4, 0.5) is 11.5 Å². The Balaban J connectivity index is 1.97. The summed E-state index contributed by atoms with van der Waals surface area (Å²) in [7, 11) is 1.32. The molecule has 0 spiro atoms. The van der Waals surface area contributed by atoms with Gasteiger partial charge in [-0.1, -0.05) is 23.7 Å². The van der Waals surface area contributed by atoms with Crippen LogP contribution >= 0.6 is 11.6 Å². The minimum Gasteiger partial charge on any atom is -0.465 e. The summed E-state index contributed by atoms with van der Waals surface area (Å²) in [6.07, 6.45) is 2.26. The van der Waals surface area contributed by atoms with Gasteiger partial charge in [0.25, 0.3) is 0 Å². The van der Waals surface area contributed by atoms with Crippen molar-refractivity contribution in [2.45, 2.75) is 6.42 Å². The molecule has 6 heteroatoms. The van der Waals surface area contributed by atoms with Crippen molar-refractivity contribution in [2.24, 2.45) is 0 Å². The fourth-order valence-electron chi connectivity index (χ4n) is 1.84. The van der Waals surface area contributed by atoms with Gasteiger partial charge in [-0.05, 0) is 30.2 Å². The minimum atomic E-state index is -0.476. The van der Waals surface area contributed by atoms with Gasteiger partial charge < -0.3 is 15.8 Å². The SMILES string of the molecule is COC(=O)c1cc(NCCc2ccc(Cl)cc2)ncc1N. The third kappa shape index (κ3) is 4.10. The van der Waals surface area contributed by atoms with Crippen LogP contribution in [0.25, 0.3) is 0 Å². The molecule has 0 fully saturated rings. The second-order valence-corrected chi connectivity index (χ2v) is 4.89. The average molecular weight is 306 g/mol. The Morgan fingerprint density at radius 3 is 2.76 bits per heavy atom. The zero-order chi connectivity index (χ0) is 15.2. The summed E-state index contributed by atoms with van der Waals surface area (Å²) in [5.41, 5.74) is 7.46. The number of aromatic nitrogens is 1. The first-order chi connectivity index (χ1) is 10.1. The maximum Gasteiger partial charge on any atom is 0.340 e. The largest absolute Gasteiger partial charge is 0.465 e. The van der Waals surface area contributed by atoms with Gasteiger partial charge in [0.05, 0.1) is 24.6 Å². The topological polar surface area (TPSA) is 77.2 Å². The number of ether oxygens (including phenoxy) is 1. The molecule has 1 aromatic carbocycles. The number of carbonyl (C=O) groups is 1. The van der Waals surface area contributed by atoms with E-state index in [-0.39, 0.29) is 0 Å². The predicted molar refractivity (Wildman–Crippen MR) is 83.6 cm³/mol. The molecule has 0 amide bonds. The van der Waals surface area contributed by atoms with Gasteiger partial charge in [0.15, 0.2) is 0 Å². The number of nitrogens with two attached hydrogens (primary N) is 1. The molecule has 110 valence electrons. The molecule has 0 aliphatic carbocycles. The zero-order valence-electron chi connectivity index (χ0n) is 11.6. The van der Waals surface area contributed by atoms with Crippen LogP contribution in [0.1, 0.15) is 15.9 Å². The Labute approximate surface area is 128 Å². The molecule has 2 rings (SSSR count). The fourth-order valence-corrected chi connectivity index (χ4v) is 1.96. The molecule has 3 N–H and O–H groups in total. The second kappa shape index (κ2) is 6.95. The van der Waals surface area contributed by atoms with E-state index in [2.05, 4.69) is 15.0 Å². The number of pyridine rings is 1. The van der Waals surface area contributed by atoms with E-state index >= 15 is 0 Å². The number of carbonyl (C=O) groups excluding carboxylic acids is 1. The average Bonchev–Trinajstić information content (AvgIpc) is 2.50. The first-order valence-corrected chi connectivity index (χ1v) is 6.80. The molecular formula is C15H16ClN3O2. The summed E-state index contributed by atoms with van der Waals surface area (Å²) < 4.78 is 4.67. The third-order valence-corrected chi connectivity index (χ3v) is 3.23. The molecule has 0 saturated heterocycles. The van der Waals surface area contributed by atoms with Crippen LogP contribution in [-0.2, 0) is 11.2 Å². The van der Waals surface area contributed by atoms with Crippen molar-refractivity contribution in [1.29, 1.82) is 0 Å². The van der Waals surface area contributed by atoms with Crippen LogP contribution in [0.5, 0.6) is 0 Å². The lowest BCUT2D eigenvalue weighted by Gasteiger charge is -2.09. The Kier molecular flexibility index (Phi) is 5.00. The molecule has 0 saturated carbocycles. The van der Waals surface area contributed by atoms with Crippen molar-refractivity contribution >= 4 is 29.1 Å². The standard InChI is InChI=1S/C15H16ClN3O2/c1-21-15(20)12-8-14(19-9-13(12)17)18-7-6-10-2-4-11(16)5-3-10/h2-5,8-9H,6-7,17H2,1H3,(H,18,19). The quantitative estimate of drug-likeness (QED) is 0.831. The second-order valence-electron chi connectivity index (χ2n) is 4.45. The van der Waals surface area contributed by atoms with Crippen molar-refractivity contribution < 1.29 is 9.53 Å². The third-order valence-electron chi connectivity index (χ3n) is 2.97. The van der Waals surface area contributed by atoms with E-state index in [0.29, 0.717) is 23.6 Å². The number of hydrogen-bond donors (Lipinski definition) is 2. The number of rotatable bonds is 5. The van der Waals surface area contributed by atoms with E-state index in [0.717, 1.165) is 17.0 Å². The number of benzene rings is 1. The van der Waals surface area contributed by atoms with Crippen molar-refractivity contribution in [3.8, 4) is 0 Å². The van der Waals surface area contributed by atoms with Crippen LogP contribution in [0, 0.1) is 0 Å². The molecule has 1 aromatic heterocycles. The summed E-state index contributed by atoms with van der Waals surface area (Å²) in [6.45, 7) is 0.680. The highest BCUT2D eigenvalue weighted by atomic mass is 35.5. The summed E-state index contributed by atoms with van der Waals surface area (Å²) >= 11 is 5.84. The number of methoxy groups -OCH3 is 1. The van der Waals surface area contributed by atoms with Gasteiger partial charge in [-0.2, -0.15) is 0 Å². The summed E-state index contributed by atoms with van der Waals surface area (Å²) in [6, 6.07) is 9.24. The molecule has 0 aliphatic heterocycles. The van der Waals surface area contributed by atoms with E-state index in [1.807, 2.05) is 24.3 Å². The molecule has 5 nitrogen and oxygen atoms in total. The molecular weight excluding hydrogens is 290 g/mol. The number of nitrogens with zero attached hydrogens (tertiary/aromatic N) is 1. The maximum atomic E-state index is 11.5. The number of nitrogen functional groups attached to an aromatic ring is 1. The number of hydrogen-bond acceptors (Lipinski definition) is 5. The summed E-state index contributed by atoms with van der Waals surface area (Å²) in [4.78, 5) is 15.7. The predicted octanol–water partition coefficient (Wildman–Crippen LogP) is 2.76. The normalized spacial score (nSPS) is 10.2. The Morgan fingerprint density at radius 1 is 1.38 bits per heavy atom. The maximum absolute atomic E-state index is 11.5. The minimum absolute atomic E-state index is 0.296. The van der Waals surface area contributed by atoms with Gasteiger partial charge in [-0.3, -0.25) is 0 Å². The number of nitrogens with one attached hydrogen (secondary N) is 1. The monoisotopic (exact) mass is 305 g/mol. The van der Waals surface area contributed by atoms with Crippen LogP contribution in [0.2, 0.25) is 5.02 Å². The highest BCUT2D eigenvalue weighted by molar-refractivity contribution is 6.30. The fraction of sp³-hybridized carbons (Fsp3) is 0.200. The van der Waals surface area contributed by atoms with Crippen molar-refractivity contribution in [3.63, 3.8) is 0 Å². The molecule has 0 bridgehead atoms. The Bertz CT molecular complexity index is 629. The number of halogens is 1. The van der Waals surface area contributed by atoms with E-state index in [1.54, 1.807) is 6.07 Å². The first-order valence-electron chi connectivity index (χ1n) is 6.42. The van der Waals surface area contributed by atoms with E-state index in [9.17, 15) is 4.79 Å².